The number of hydrogen-bond donors (Lipinski definition) is 0. The molecule has 1 aliphatic rings. The summed E-state index contributed by atoms with van der Waals surface area (Å²) in [4.78, 5) is 13.8. The van der Waals surface area contributed by atoms with E-state index in [9.17, 15) is 4.79 Å². The minimum Gasteiger partial charge on any atom is -0.303 e. The normalized spacial score (nSPS) is 28.4. The molecule has 0 aromatic heterocycles. The SMILES string of the molecule is CCCCC1(N(C)C)CCCC(=O)C1. The van der Waals surface area contributed by atoms with Crippen molar-refractivity contribution in [2.45, 2.75) is 57.4 Å². The van der Waals surface area contributed by atoms with E-state index in [1.54, 1.807) is 0 Å². The van der Waals surface area contributed by atoms with Crippen LogP contribution in [0.5, 0.6) is 0 Å². The lowest BCUT2D eigenvalue weighted by molar-refractivity contribution is -0.124. The number of nitrogens with zero attached hydrogens (tertiary/aromatic N) is 1. The molecule has 1 aliphatic carbocycles. The zero-order valence-electron chi connectivity index (χ0n) is 9.81. The molecule has 82 valence electrons. The van der Waals surface area contributed by atoms with Crippen molar-refractivity contribution in [3.63, 3.8) is 0 Å². The zero-order chi connectivity index (χ0) is 10.6. The minimum absolute atomic E-state index is 0.186. The van der Waals surface area contributed by atoms with Crippen LogP contribution in [-0.2, 0) is 4.79 Å². The van der Waals surface area contributed by atoms with E-state index in [0.29, 0.717) is 5.78 Å². The second-order valence-corrected chi connectivity index (χ2v) is 4.79. The summed E-state index contributed by atoms with van der Waals surface area (Å²) < 4.78 is 0. The molecule has 0 bridgehead atoms. The van der Waals surface area contributed by atoms with Crippen LogP contribution in [0.2, 0.25) is 0 Å². The summed E-state index contributed by atoms with van der Waals surface area (Å²) in [7, 11) is 4.24. The average molecular weight is 197 g/mol. The molecule has 0 aliphatic heterocycles. The maximum absolute atomic E-state index is 11.5. The molecule has 0 N–H and O–H groups in total. The van der Waals surface area contributed by atoms with E-state index < -0.39 is 0 Å². The fourth-order valence-electron chi connectivity index (χ4n) is 2.48. The summed E-state index contributed by atoms with van der Waals surface area (Å²) in [5, 5.41) is 0. The lowest BCUT2D eigenvalue weighted by Gasteiger charge is -2.42. The second kappa shape index (κ2) is 4.92. The predicted molar refractivity (Wildman–Crippen MR) is 59.4 cm³/mol. The van der Waals surface area contributed by atoms with Crippen LogP contribution in [0.25, 0.3) is 0 Å². The Kier molecular flexibility index (Phi) is 4.11. The van der Waals surface area contributed by atoms with Crippen LogP contribution < -0.4 is 0 Å². The highest BCUT2D eigenvalue weighted by atomic mass is 16.1. The van der Waals surface area contributed by atoms with Crippen molar-refractivity contribution in [1.82, 2.24) is 4.90 Å². The first-order valence-electron chi connectivity index (χ1n) is 5.80. The van der Waals surface area contributed by atoms with Crippen molar-refractivity contribution < 1.29 is 4.79 Å². The third kappa shape index (κ3) is 2.57. The molecule has 2 heteroatoms. The molecule has 1 fully saturated rings. The van der Waals surface area contributed by atoms with Crippen molar-refractivity contribution in [3.8, 4) is 0 Å². The van der Waals surface area contributed by atoms with Gasteiger partial charge in [-0.3, -0.25) is 4.79 Å². The molecular weight excluding hydrogens is 174 g/mol. The van der Waals surface area contributed by atoms with E-state index in [1.807, 2.05) is 0 Å². The first-order valence-corrected chi connectivity index (χ1v) is 5.80. The van der Waals surface area contributed by atoms with Gasteiger partial charge in [-0.1, -0.05) is 19.8 Å². The van der Waals surface area contributed by atoms with E-state index in [0.717, 1.165) is 19.3 Å². The number of hydrogen-bond acceptors (Lipinski definition) is 2. The van der Waals surface area contributed by atoms with Crippen molar-refractivity contribution in [3.05, 3.63) is 0 Å². The summed E-state index contributed by atoms with van der Waals surface area (Å²) in [5.41, 5.74) is 0.186. The van der Waals surface area contributed by atoms with Crippen LogP contribution in [0, 0.1) is 0 Å². The standard InChI is InChI=1S/C12H23NO/c1-4-5-8-12(13(2)3)9-6-7-11(14)10-12/h4-10H2,1-3H3. The fraction of sp³-hybridized carbons (Fsp3) is 0.917. The molecule has 1 atom stereocenters. The van der Waals surface area contributed by atoms with Crippen molar-refractivity contribution in [2.75, 3.05) is 14.1 Å². The summed E-state index contributed by atoms with van der Waals surface area (Å²) in [5.74, 6) is 0.459. The van der Waals surface area contributed by atoms with Crippen molar-refractivity contribution >= 4 is 5.78 Å². The summed E-state index contributed by atoms with van der Waals surface area (Å²) in [6, 6.07) is 0. The Bertz CT molecular complexity index is 200. The van der Waals surface area contributed by atoms with Gasteiger partial charge >= 0.3 is 0 Å². The Balaban J connectivity index is 2.64. The number of carbonyl (C=O) groups excluding carboxylic acids is 1. The molecule has 0 aromatic carbocycles. The summed E-state index contributed by atoms with van der Waals surface area (Å²) in [6.07, 6.45) is 7.52. The van der Waals surface area contributed by atoms with E-state index in [2.05, 4.69) is 25.9 Å². The van der Waals surface area contributed by atoms with Gasteiger partial charge in [0.1, 0.15) is 5.78 Å². The van der Waals surface area contributed by atoms with Gasteiger partial charge in [0.15, 0.2) is 0 Å². The fourth-order valence-corrected chi connectivity index (χ4v) is 2.48. The van der Waals surface area contributed by atoms with Gasteiger partial charge in [-0.15, -0.1) is 0 Å². The molecule has 0 saturated heterocycles. The Hall–Kier alpha value is -0.370. The lowest BCUT2D eigenvalue weighted by atomic mass is 9.77. The zero-order valence-corrected chi connectivity index (χ0v) is 9.81. The van der Waals surface area contributed by atoms with Crippen LogP contribution >= 0.6 is 0 Å². The molecule has 1 saturated carbocycles. The first-order chi connectivity index (χ1) is 6.60. The average Bonchev–Trinajstić information content (AvgIpc) is 2.14. The highest BCUT2D eigenvalue weighted by molar-refractivity contribution is 5.80. The van der Waals surface area contributed by atoms with E-state index in [-0.39, 0.29) is 5.54 Å². The molecule has 2 nitrogen and oxygen atoms in total. The molecule has 0 heterocycles. The largest absolute Gasteiger partial charge is 0.303 e. The Labute approximate surface area is 87.7 Å². The smallest absolute Gasteiger partial charge is 0.134 e. The molecule has 1 rings (SSSR count). The Morgan fingerprint density at radius 3 is 2.64 bits per heavy atom. The summed E-state index contributed by atoms with van der Waals surface area (Å²) in [6.45, 7) is 2.22. The Morgan fingerprint density at radius 2 is 2.14 bits per heavy atom. The van der Waals surface area contributed by atoms with Gasteiger partial charge in [-0.25, -0.2) is 0 Å². The number of Topliss-reactive ketones (excluding diaryl/α,β-unsaturated/α-hetero) is 1. The maximum atomic E-state index is 11.5. The molecule has 0 amide bonds. The number of ketones is 1. The van der Waals surface area contributed by atoms with Crippen molar-refractivity contribution in [1.29, 1.82) is 0 Å². The quantitative estimate of drug-likeness (QED) is 0.690. The van der Waals surface area contributed by atoms with Gasteiger partial charge in [0.25, 0.3) is 0 Å². The van der Waals surface area contributed by atoms with Gasteiger partial charge < -0.3 is 4.90 Å². The molecule has 14 heavy (non-hydrogen) atoms. The molecule has 0 aromatic rings. The van der Waals surface area contributed by atoms with Crippen LogP contribution in [0.4, 0.5) is 0 Å². The number of rotatable bonds is 4. The maximum Gasteiger partial charge on any atom is 0.134 e. The molecule has 0 spiro atoms. The van der Waals surface area contributed by atoms with E-state index >= 15 is 0 Å². The van der Waals surface area contributed by atoms with E-state index in [4.69, 9.17) is 0 Å². The third-order valence-electron chi connectivity index (χ3n) is 3.57. The van der Waals surface area contributed by atoms with Gasteiger partial charge in [-0.2, -0.15) is 0 Å². The number of unbranched alkanes of at least 4 members (excludes halogenated alkanes) is 1. The van der Waals surface area contributed by atoms with E-state index in [1.165, 1.54) is 25.7 Å². The molecular formula is C12H23NO. The van der Waals surface area contributed by atoms with Crippen molar-refractivity contribution in [2.24, 2.45) is 0 Å². The summed E-state index contributed by atoms with van der Waals surface area (Å²) >= 11 is 0. The van der Waals surface area contributed by atoms with Crippen LogP contribution in [-0.4, -0.2) is 30.3 Å². The highest BCUT2D eigenvalue weighted by Crippen LogP contribution is 2.34. The molecule has 0 radical (unpaired) electrons. The monoisotopic (exact) mass is 197 g/mol. The van der Waals surface area contributed by atoms with Gasteiger partial charge in [0.05, 0.1) is 0 Å². The molecule has 1 unspecified atom stereocenters. The third-order valence-corrected chi connectivity index (χ3v) is 3.57. The Morgan fingerprint density at radius 1 is 1.43 bits per heavy atom. The van der Waals surface area contributed by atoms with Gasteiger partial charge in [-0.05, 0) is 33.4 Å². The first kappa shape index (κ1) is 11.7. The van der Waals surface area contributed by atoms with Crippen LogP contribution in [0.15, 0.2) is 0 Å². The number of carbonyl (C=O) groups is 1. The van der Waals surface area contributed by atoms with Crippen LogP contribution in [0.1, 0.15) is 51.9 Å². The topological polar surface area (TPSA) is 20.3 Å². The van der Waals surface area contributed by atoms with Crippen LogP contribution in [0.3, 0.4) is 0 Å². The second-order valence-electron chi connectivity index (χ2n) is 4.79. The lowest BCUT2D eigenvalue weighted by Crippen LogP contribution is -2.48. The minimum atomic E-state index is 0.186. The predicted octanol–water partition coefficient (Wildman–Crippen LogP) is 2.62. The van der Waals surface area contributed by atoms with Gasteiger partial charge in [0.2, 0.25) is 0 Å². The van der Waals surface area contributed by atoms with Gasteiger partial charge in [0, 0.05) is 18.4 Å². The highest BCUT2D eigenvalue weighted by Gasteiger charge is 2.36.